The summed E-state index contributed by atoms with van der Waals surface area (Å²) in [5.74, 6) is -1.33. The molecule has 8 nitrogen and oxygen atoms in total. The topological polar surface area (TPSA) is 85.4 Å². The molecule has 0 spiro atoms. The molecule has 39 heavy (non-hydrogen) atoms. The zero-order chi connectivity index (χ0) is 26.9. The van der Waals surface area contributed by atoms with Crippen molar-refractivity contribution in [2.75, 3.05) is 17.1 Å². The number of para-hydroxylation sites is 3. The Hall–Kier alpha value is -4.95. The number of fused-ring (bicyclic) bond motifs is 1. The van der Waals surface area contributed by atoms with E-state index in [1.807, 2.05) is 36.4 Å². The van der Waals surface area contributed by atoms with Crippen molar-refractivity contribution in [1.29, 1.82) is 0 Å². The average molecular weight is 521 g/mol. The Morgan fingerprint density at radius 2 is 1.41 bits per heavy atom. The van der Waals surface area contributed by atoms with Gasteiger partial charge >= 0.3 is 5.97 Å². The Balaban J connectivity index is 1.34. The van der Waals surface area contributed by atoms with E-state index >= 15 is 0 Å². The Labute approximate surface area is 224 Å². The van der Waals surface area contributed by atoms with E-state index in [1.54, 1.807) is 77.9 Å². The molecule has 194 valence electrons. The van der Waals surface area contributed by atoms with Gasteiger partial charge in [-0.3, -0.25) is 14.4 Å². The molecule has 0 radical (unpaired) electrons. The van der Waals surface area contributed by atoms with Crippen LogP contribution in [0.4, 0.5) is 11.4 Å². The minimum absolute atomic E-state index is 0.360. The molecule has 0 saturated carbocycles. The van der Waals surface area contributed by atoms with Crippen LogP contribution in [0.25, 0.3) is 0 Å². The second-order valence-corrected chi connectivity index (χ2v) is 9.17. The number of benzene rings is 4. The third kappa shape index (κ3) is 4.30. The van der Waals surface area contributed by atoms with Gasteiger partial charge < -0.3 is 9.47 Å². The summed E-state index contributed by atoms with van der Waals surface area (Å²) in [5.41, 5.74) is 2.26. The third-order valence-corrected chi connectivity index (χ3v) is 6.89. The van der Waals surface area contributed by atoms with Crippen LogP contribution in [0.15, 0.2) is 109 Å². The first-order valence-corrected chi connectivity index (χ1v) is 12.5. The largest absolute Gasteiger partial charge is 0.495 e. The summed E-state index contributed by atoms with van der Waals surface area (Å²) in [6, 6.07) is 31.2. The number of nitrogens with zero attached hydrogens (tertiary/aromatic N) is 2. The van der Waals surface area contributed by atoms with Crippen molar-refractivity contribution in [3.8, 4) is 11.5 Å². The number of rotatable bonds is 6. The van der Waals surface area contributed by atoms with Crippen molar-refractivity contribution >= 4 is 29.2 Å². The van der Waals surface area contributed by atoms with E-state index in [9.17, 15) is 14.4 Å². The van der Waals surface area contributed by atoms with Gasteiger partial charge in [0.2, 0.25) is 5.91 Å². The van der Waals surface area contributed by atoms with Crippen molar-refractivity contribution in [2.45, 2.75) is 12.1 Å². The van der Waals surface area contributed by atoms with Crippen LogP contribution < -0.4 is 19.4 Å². The molecule has 3 atom stereocenters. The second-order valence-electron chi connectivity index (χ2n) is 9.17. The van der Waals surface area contributed by atoms with Crippen LogP contribution in [0.2, 0.25) is 0 Å². The molecule has 2 saturated heterocycles. The predicted octanol–water partition coefficient (Wildman–Crippen LogP) is 4.97. The van der Waals surface area contributed by atoms with E-state index in [0.717, 1.165) is 10.5 Å². The van der Waals surface area contributed by atoms with Crippen LogP contribution in [0, 0.1) is 5.92 Å². The van der Waals surface area contributed by atoms with Crippen LogP contribution in [0.1, 0.15) is 22.0 Å². The minimum Gasteiger partial charge on any atom is -0.495 e. The van der Waals surface area contributed by atoms with Gasteiger partial charge in [0.05, 0.1) is 30.1 Å². The molecule has 2 fully saturated rings. The maximum atomic E-state index is 13.9. The molecule has 4 aromatic carbocycles. The highest BCUT2D eigenvalue weighted by atomic mass is 16.7. The summed E-state index contributed by atoms with van der Waals surface area (Å²) in [6.45, 7) is 0. The highest BCUT2D eigenvalue weighted by Crippen LogP contribution is 2.48. The molecule has 2 aliphatic rings. The van der Waals surface area contributed by atoms with Gasteiger partial charge in [-0.1, -0.05) is 60.7 Å². The summed E-state index contributed by atoms with van der Waals surface area (Å²) in [5, 5.41) is 1.62. The van der Waals surface area contributed by atoms with Gasteiger partial charge in [0.1, 0.15) is 17.4 Å². The molecule has 0 unspecified atom stereocenters. The summed E-state index contributed by atoms with van der Waals surface area (Å²) < 4.78 is 10.9. The fraction of sp³-hybridized carbons (Fsp3) is 0.129. The molecule has 6 rings (SSSR count). The number of carbonyl (C=O) groups excluding carboxylic acids is 3. The molecule has 0 aromatic heterocycles. The summed E-state index contributed by atoms with van der Waals surface area (Å²) in [7, 11) is 1.49. The van der Waals surface area contributed by atoms with Gasteiger partial charge in [-0.15, -0.1) is 0 Å². The first-order chi connectivity index (χ1) is 19.1. The molecule has 2 heterocycles. The quantitative estimate of drug-likeness (QED) is 0.202. The van der Waals surface area contributed by atoms with Crippen LogP contribution in [0.3, 0.4) is 0 Å². The Morgan fingerprint density at radius 3 is 2.10 bits per heavy atom. The van der Waals surface area contributed by atoms with Gasteiger partial charge in [-0.25, -0.2) is 14.8 Å². The van der Waals surface area contributed by atoms with Gasteiger partial charge in [-0.05, 0) is 54.1 Å². The highest BCUT2D eigenvalue weighted by molar-refractivity contribution is 6.24. The predicted molar refractivity (Wildman–Crippen MR) is 143 cm³/mol. The number of carbonyl (C=O) groups is 3. The lowest BCUT2D eigenvalue weighted by molar-refractivity contribution is -0.126. The molecule has 0 bridgehead atoms. The summed E-state index contributed by atoms with van der Waals surface area (Å²) >= 11 is 0. The number of imide groups is 1. The zero-order valence-corrected chi connectivity index (χ0v) is 21.0. The lowest BCUT2D eigenvalue weighted by atomic mass is 9.90. The normalized spacial score (nSPS) is 20.2. The molecule has 2 aliphatic heterocycles. The van der Waals surface area contributed by atoms with E-state index in [1.165, 1.54) is 7.11 Å². The van der Waals surface area contributed by atoms with E-state index in [-0.39, 0.29) is 5.91 Å². The lowest BCUT2D eigenvalue weighted by Gasteiger charge is -2.29. The van der Waals surface area contributed by atoms with Gasteiger partial charge in [0, 0.05) is 0 Å². The molecular formula is C31H24N2O6. The molecular weight excluding hydrogens is 496 g/mol. The summed E-state index contributed by atoms with van der Waals surface area (Å²) in [4.78, 5) is 47.3. The summed E-state index contributed by atoms with van der Waals surface area (Å²) in [6.07, 6.45) is -1.01. The maximum absolute atomic E-state index is 13.9. The van der Waals surface area contributed by atoms with E-state index < -0.39 is 29.9 Å². The third-order valence-electron chi connectivity index (χ3n) is 6.89. The number of hydrogen-bond acceptors (Lipinski definition) is 7. The molecule has 4 aromatic rings. The monoisotopic (exact) mass is 520 g/mol. The van der Waals surface area contributed by atoms with Crippen molar-refractivity contribution < 1.29 is 28.7 Å². The van der Waals surface area contributed by atoms with Crippen LogP contribution in [0.5, 0.6) is 11.5 Å². The minimum atomic E-state index is -1.01. The Bertz CT molecular complexity index is 1520. The number of hydroxylamine groups is 1. The van der Waals surface area contributed by atoms with Crippen molar-refractivity contribution in [3.63, 3.8) is 0 Å². The number of ether oxygens (including phenoxy) is 2. The molecule has 0 aliphatic carbocycles. The maximum Gasteiger partial charge on any atom is 0.343 e. The van der Waals surface area contributed by atoms with Gasteiger partial charge in [0.25, 0.3) is 5.91 Å². The first kappa shape index (κ1) is 24.4. The highest BCUT2D eigenvalue weighted by Gasteiger charge is 2.60. The number of methoxy groups -OCH3 is 1. The van der Waals surface area contributed by atoms with Crippen LogP contribution in [-0.2, 0) is 14.4 Å². The molecule has 8 heteroatoms. The zero-order valence-electron chi connectivity index (χ0n) is 21.0. The van der Waals surface area contributed by atoms with Gasteiger partial charge in [0.15, 0.2) is 6.10 Å². The Morgan fingerprint density at radius 1 is 0.769 bits per heavy atom. The van der Waals surface area contributed by atoms with Crippen molar-refractivity contribution in [1.82, 2.24) is 0 Å². The smallest absolute Gasteiger partial charge is 0.343 e. The SMILES string of the molecule is COc1ccccc1N1C(=O)[C@H]2[C@@H](ON(c3ccccc3)[C@H]2c2ccc(OC(=O)c3ccccc3)cc2)C1=O. The van der Waals surface area contributed by atoms with Crippen LogP contribution in [-0.4, -0.2) is 31.0 Å². The van der Waals surface area contributed by atoms with E-state index in [0.29, 0.717) is 28.4 Å². The van der Waals surface area contributed by atoms with E-state index in [4.69, 9.17) is 14.3 Å². The number of hydrogen-bond donors (Lipinski definition) is 0. The fourth-order valence-corrected chi connectivity index (χ4v) is 5.08. The second kappa shape index (κ2) is 10.1. The van der Waals surface area contributed by atoms with Crippen molar-refractivity contribution in [3.05, 3.63) is 120 Å². The molecule has 0 N–H and O–H groups in total. The van der Waals surface area contributed by atoms with Crippen LogP contribution >= 0.6 is 0 Å². The van der Waals surface area contributed by atoms with Gasteiger partial charge in [-0.2, -0.15) is 0 Å². The lowest BCUT2D eigenvalue weighted by Crippen LogP contribution is -2.37. The molecule has 2 amide bonds. The standard InChI is InChI=1S/C31H24N2O6/c1-37-25-15-9-8-14-24(25)32-29(34)26-27(33(39-28(26)30(32)35)22-12-6-3-7-13-22)20-16-18-23(19-17-20)38-31(36)21-10-4-2-5-11-21/h2-19,26-28H,1H3/t26-,27+,28-/m1/s1. The number of anilines is 2. The fourth-order valence-electron chi connectivity index (χ4n) is 5.08. The first-order valence-electron chi connectivity index (χ1n) is 12.5. The Kier molecular flexibility index (Phi) is 6.30. The average Bonchev–Trinajstić information content (AvgIpc) is 3.49. The number of esters is 1. The van der Waals surface area contributed by atoms with E-state index in [2.05, 4.69) is 0 Å². The number of amides is 2. The van der Waals surface area contributed by atoms with Crippen molar-refractivity contribution in [2.24, 2.45) is 5.92 Å².